The van der Waals surface area contributed by atoms with E-state index in [0.717, 1.165) is 11.4 Å². The van der Waals surface area contributed by atoms with Crippen LogP contribution in [0, 0.1) is 0 Å². The van der Waals surface area contributed by atoms with E-state index in [4.69, 9.17) is 11.6 Å². The summed E-state index contributed by atoms with van der Waals surface area (Å²) in [6.07, 6.45) is 0. The highest BCUT2D eigenvalue weighted by Gasteiger charge is 2.14. The minimum Gasteiger partial charge on any atom is -0.345 e. The van der Waals surface area contributed by atoms with Gasteiger partial charge in [0.05, 0.1) is 4.90 Å². The van der Waals surface area contributed by atoms with Crippen LogP contribution in [-0.4, -0.2) is 15.5 Å². The van der Waals surface area contributed by atoms with Gasteiger partial charge in [-0.05, 0) is 54.6 Å². The predicted octanol–water partition coefficient (Wildman–Crippen LogP) is 4.91. The molecular weight excluding hydrogens is 356 g/mol. The molecular formula is C19H17ClN2O2S. The maximum absolute atomic E-state index is 12.4. The van der Waals surface area contributed by atoms with Gasteiger partial charge in [0.15, 0.2) is 0 Å². The molecule has 0 saturated heterocycles. The molecule has 0 fully saturated rings. The fourth-order valence-corrected chi connectivity index (χ4v) is 3.76. The van der Waals surface area contributed by atoms with Gasteiger partial charge in [-0.15, -0.1) is 0 Å². The van der Waals surface area contributed by atoms with Crippen LogP contribution in [0.2, 0.25) is 5.02 Å². The fourth-order valence-electron chi connectivity index (χ4n) is 2.40. The van der Waals surface area contributed by atoms with Gasteiger partial charge in [0, 0.05) is 29.1 Å². The molecule has 128 valence electrons. The van der Waals surface area contributed by atoms with E-state index < -0.39 is 10.0 Å². The van der Waals surface area contributed by atoms with Crippen LogP contribution < -0.4 is 9.62 Å². The van der Waals surface area contributed by atoms with Crippen LogP contribution in [-0.2, 0) is 10.0 Å². The van der Waals surface area contributed by atoms with Crippen molar-refractivity contribution in [2.45, 2.75) is 4.90 Å². The van der Waals surface area contributed by atoms with Crippen molar-refractivity contribution in [3.63, 3.8) is 0 Å². The fraction of sp³-hybridized carbons (Fsp3) is 0.0526. The van der Waals surface area contributed by atoms with E-state index in [2.05, 4.69) is 4.72 Å². The number of hydrogen-bond donors (Lipinski definition) is 1. The largest absolute Gasteiger partial charge is 0.345 e. The summed E-state index contributed by atoms with van der Waals surface area (Å²) in [4.78, 5) is 2.15. The molecule has 0 atom stereocenters. The molecule has 0 aliphatic heterocycles. The van der Waals surface area contributed by atoms with Gasteiger partial charge in [-0.25, -0.2) is 8.42 Å². The van der Waals surface area contributed by atoms with E-state index in [0.29, 0.717) is 10.7 Å². The number of nitrogens with one attached hydrogen (secondary N) is 1. The third kappa shape index (κ3) is 4.13. The number of para-hydroxylation sites is 1. The summed E-state index contributed by atoms with van der Waals surface area (Å²) in [5.41, 5.74) is 2.50. The number of hydrogen-bond acceptors (Lipinski definition) is 3. The smallest absolute Gasteiger partial charge is 0.261 e. The molecule has 0 bridgehead atoms. The lowest BCUT2D eigenvalue weighted by Gasteiger charge is -2.19. The van der Waals surface area contributed by atoms with Crippen LogP contribution in [0.5, 0.6) is 0 Å². The summed E-state index contributed by atoms with van der Waals surface area (Å²) in [5.74, 6) is 0. The molecule has 3 aromatic rings. The molecule has 0 aromatic heterocycles. The van der Waals surface area contributed by atoms with Crippen LogP contribution >= 0.6 is 11.6 Å². The van der Waals surface area contributed by atoms with Crippen molar-refractivity contribution in [1.29, 1.82) is 0 Å². The number of anilines is 3. The first-order valence-electron chi connectivity index (χ1n) is 7.63. The number of rotatable bonds is 5. The maximum atomic E-state index is 12.4. The van der Waals surface area contributed by atoms with Gasteiger partial charge in [-0.1, -0.05) is 35.9 Å². The summed E-state index contributed by atoms with van der Waals surface area (Å²) < 4.78 is 27.4. The van der Waals surface area contributed by atoms with E-state index >= 15 is 0 Å². The highest BCUT2D eigenvalue weighted by atomic mass is 35.5. The third-order valence-electron chi connectivity index (χ3n) is 3.76. The first-order valence-corrected chi connectivity index (χ1v) is 9.49. The summed E-state index contributed by atoms with van der Waals surface area (Å²) in [7, 11) is -1.71. The first-order chi connectivity index (χ1) is 12.0. The monoisotopic (exact) mass is 372 g/mol. The van der Waals surface area contributed by atoms with Crippen molar-refractivity contribution in [2.75, 3.05) is 16.7 Å². The molecule has 0 radical (unpaired) electrons. The molecule has 0 amide bonds. The minimum absolute atomic E-state index is 0.130. The molecule has 3 rings (SSSR count). The Hall–Kier alpha value is -2.50. The highest BCUT2D eigenvalue weighted by Crippen LogP contribution is 2.25. The maximum Gasteiger partial charge on any atom is 0.261 e. The molecule has 0 aliphatic rings. The van der Waals surface area contributed by atoms with E-state index in [1.54, 1.807) is 24.3 Å². The number of sulfonamides is 1. The number of halogens is 1. The minimum atomic E-state index is -3.67. The van der Waals surface area contributed by atoms with Crippen molar-refractivity contribution in [3.05, 3.63) is 83.9 Å². The zero-order chi connectivity index (χ0) is 17.9. The average Bonchev–Trinajstić information content (AvgIpc) is 2.62. The van der Waals surface area contributed by atoms with Gasteiger partial charge < -0.3 is 4.90 Å². The molecule has 0 aliphatic carbocycles. The topological polar surface area (TPSA) is 49.4 Å². The van der Waals surface area contributed by atoms with Crippen molar-refractivity contribution in [3.8, 4) is 0 Å². The Morgan fingerprint density at radius 2 is 1.48 bits per heavy atom. The normalized spacial score (nSPS) is 11.1. The standard InChI is InChI=1S/C19H17ClN2O2S/c1-22(17-7-3-2-4-8-17)18-12-10-16(11-13-18)21-25(23,24)19-9-5-6-15(20)14-19/h2-14,21H,1H3. The lowest BCUT2D eigenvalue weighted by atomic mass is 10.2. The molecule has 1 N–H and O–H groups in total. The molecule has 3 aromatic carbocycles. The molecule has 0 unspecified atom stereocenters. The summed E-state index contributed by atoms with van der Waals surface area (Å²) in [6, 6.07) is 23.3. The van der Waals surface area contributed by atoms with Gasteiger partial charge in [0.2, 0.25) is 0 Å². The second-order valence-corrected chi connectivity index (χ2v) is 7.62. The summed E-state index contributed by atoms with van der Waals surface area (Å²) in [5, 5.41) is 0.378. The molecule has 6 heteroatoms. The average molecular weight is 373 g/mol. The molecule has 0 saturated carbocycles. The Balaban J connectivity index is 1.79. The van der Waals surface area contributed by atoms with Crippen molar-refractivity contribution < 1.29 is 8.42 Å². The molecule has 25 heavy (non-hydrogen) atoms. The Kier molecular flexibility index (Phi) is 4.97. The van der Waals surface area contributed by atoms with Crippen LogP contribution in [0.4, 0.5) is 17.1 Å². The Morgan fingerprint density at radius 1 is 0.840 bits per heavy atom. The lowest BCUT2D eigenvalue weighted by molar-refractivity contribution is 0.601. The van der Waals surface area contributed by atoms with Crippen LogP contribution in [0.15, 0.2) is 83.8 Å². The van der Waals surface area contributed by atoms with Gasteiger partial charge >= 0.3 is 0 Å². The Bertz CT molecular complexity index is 958. The van der Waals surface area contributed by atoms with E-state index in [1.807, 2.05) is 54.4 Å². The molecule has 0 spiro atoms. The second-order valence-electron chi connectivity index (χ2n) is 5.50. The predicted molar refractivity (Wildman–Crippen MR) is 103 cm³/mol. The van der Waals surface area contributed by atoms with Gasteiger partial charge in [0.25, 0.3) is 10.0 Å². The Morgan fingerprint density at radius 3 is 2.12 bits per heavy atom. The Labute approximate surface area is 152 Å². The van der Waals surface area contributed by atoms with Gasteiger partial charge in [0.1, 0.15) is 0 Å². The van der Waals surface area contributed by atoms with E-state index in [-0.39, 0.29) is 4.90 Å². The first kappa shape index (κ1) is 17.3. The van der Waals surface area contributed by atoms with Crippen molar-refractivity contribution >= 4 is 38.7 Å². The zero-order valence-electron chi connectivity index (χ0n) is 13.6. The summed E-state index contributed by atoms with van der Waals surface area (Å²) in [6.45, 7) is 0. The third-order valence-corrected chi connectivity index (χ3v) is 5.37. The number of benzene rings is 3. The van der Waals surface area contributed by atoms with Crippen molar-refractivity contribution in [2.24, 2.45) is 0 Å². The number of nitrogens with zero attached hydrogens (tertiary/aromatic N) is 1. The quantitative estimate of drug-likeness (QED) is 0.692. The van der Waals surface area contributed by atoms with E-state index in [1.165, 1.54) is 12.1 Å². The van der Waals surface area contributed by atoms with Crippen LogP contribution in [0.1, 0.15) is 0 Å². The van der Waals surface area contributed by atoms with Crippen LogP contribution in [0.3, 0.4) is 0 Å². The van der Waals surface area contributed by atoms with Crippen LogP contribution in [0.25, 0.3) is 0 Å². The molecule has 4 nitrogen and oxygen atoms in total. The lowest BCUT2D eigenvalue weighted by Crippen LogP contribution is -2.13. The molecule has 0 heterocycles. The summed E-state index contributed by atoms with van der Waals surface area (Å²) >= 11 is 5.87. The second kappa shape index (κ2) is 7.17. The van der Waals surface area contributed by atoms with Gasteiger partial charge in [-0.3, -0.25) is 4.72 Å². The van der Waals surface area contributed by atoms with Gasteiger partial charge in [-0.2, -0.15) is 0 Å². The van der Waals surface area contributed by atoms with E-state index in [9.17, 15) is 8.42 Å². The van der Waals surface area contributed by atoms with Crippen molar-refractivity contribution in [1.82, 2.24) is 0 Å². The SMILES string of the molecule is CN(c1ccccc1)c1ccc(NS(=O)(=O)c2cccc(Cl)c2)cc1. The highest BCUT2D eigenvalue weighted by molar-refractivity contribution is 7.92. The zero-order valence-corrected chi connectivity index (χ0v) is 15.1.